The van der Waals surface area contributed by atoms with E-state index in [0.717, 1.165) is 23.3 Å². The highest BCUT2D eigenvalue weighted by atomic mass is 35.5. The highest BCUT2D eigenvalue weighted by molar-refractivity contribution is 7.89. The molecule has 0 bridgehead atoms. The maximum absolute atomic E-state index is 13.5. The summed E-state index contributed by atoms with van der Waals surface area (Å²) in [4.78, 5) is 13.9. The van der Waals surface area contributed by atoms with Crippen LogP contribution >= 0.6 is 34.5 Å². The van der Waals surface area contributed by atoms with Crippen molar-refractivity contribution in [2.24, 2.45) is 0 Å². The first-order chi connectivity index (χ1) is 17.3. The normalized spacial score (nSPS) is 11.7. The lowest BCUT2D eigenvalue weighted by molar-refractivity contribution is 0.0505. The fourth-order valence-corrected chi connectivity index (χ4v) is 6.90. The summed E-state index contributed by atoms with van der Waals surface area (Å²) in [6.45, 7) is 3.17. The smallest absolute Gasteiger partial charge is 0.348 e. The van der Waals surface area contributed by atoms with Gasteiger partial charge in [-0.1, -0.05) is 60.8 Å². The van der Waals surface area contributed by atoms with Crippen molar-refractivity contribution >= 4 is 50.5 Å². The Labute approximate surface area is 228 Å². The van der Waals surface area contributed by atoms with Crippen molar-refractivity contribution in [3.63, 3.8) is 0 Å². The Morgan fingerprint density at radius 1 is 0.944 bits per heavy atom. The molecule has 0 N–H and O–H groups in total. The summed E-state index contributed by atoms with van der Waals surface area (Å²) in [5.41, 5.74) is 1.06. The summed E-state index contributed by atoms with van der Waals surface area (Å²) in [5.74, 6) is -0.302. The van der Waals surface area contributed by atoms with Crippen LogP contribution in [-0.4, -0.2) is 38.4 Å². The highest BCUT2D eigenvalue weighted by Crippen LogP contribution is 2.26. The molecule has 1 heterocycles. The van der Waals surface area contributed by atoms with E-state index in [2.05, 4.69) is 0 Å². The second-order valence-electron chi connectivity index (χ2n) is 8.43. The van der Waals surface area contributed by atoms with Crippen LogP contribution in [0.5, 0.6) is 0 Å². The zero-order valence-electron chi connectivity index (χ0n) is 20.3. The number of unbranched alkanes of at least 4 members (excludes halogenated alkanes) is 1. The molecule has 3 aromatic rings. The third kappa shape index (κ3) is 8.32. The number of halogens is 2. The predicted octanol–water partition coefficient (Wildman–Crippen LogP) is 7.27. The summed E-state index contributed by atoms with van der Waals surface area (Å²) in [5, 5.41) is 0.874. The van der Waals surface area contributed by atoms with E-state index in [4.69, 9.17) is 27.9 Å². The van der Waals surface area contributed by atoms with Gasteiger partial charge in [-0.2, -0.15) is 4.31 Å². The molecular weight excluding hydrogens is 537 g/mol. The van der Waals surface area contributed by atoms with E-state index in [0.29, 0.717) is 55.3 Å². The SMILES string of the molecule is CCCCOC(=O)c1ccc(CCCN(CCCc2cccc(Cl)c2)S(=O)(=O)c2ccccc2Cl)s1. The molecule has 9 heteroatoms. The number of nitrogens with zero attached hydrogens (tertiary/aromatic N) is 1. The van der Waals surface area contributed by atoms with Gasteiger partial charge in [0.1, 0.15) is 9.77 Å². The third-order valence-corrected chi connectivity index (χ3v) is 9.40. The lowest BCUT2D eigenvalue weighted by atomic mass is 10.1. The third-order valence-electron chi connectivity index (χ3n) is 5.64. The van der Waals surface area contributed by atoms with Crippen molar-refractivity contribution in [2.45, 2.75) is 50.3 Å². The Bertz CT molecular complexity index is 1240. The van der Waals surface area contributed by atoms with Crippen molar-refractivity contribution in [3.05, 3.63) is 86.0 Å². The molecule has 0 spiro atoms. The number of carbonyl (C=O) groups is 1. The number of hydrogen-bond acceptors (Lipinski definition) is 5. The molecule has 36 heavy (non-hydrogen) atoms. The average Bonchev–Trinajstić information content (AvgIpc) is 3.32. The standard InChI is InChI=1S/C27H31Cl2NO4S2/c1-2-3-19-34-27(31)25-16-15-23(35-25)12-8-18-30(17-7-10-21-9-6-11-22(28)20-21)36(32,33)26-14-5-4-13-24(26)29/h4-6,9,11,13-16,20H,2-3,7-8,10,12,17-19H2,1H3. The van der Waals surface area contributed by atoms with Gasteiger partial charge in [-0.25, -0.2) is 13.2 Å². The molecule has 5 nitrogen and oxygen atoms in total. The predicted molar refractivity (Wildman–Crippen MR) is 148 cm³/mol. The number of benzene rings is 2. The lowest BCUT2D eigenvalue weighted by Crippen LogP contribution is -2.33. The topological polar surface area (TPSA) is 63.7 Å². The monoisotopic (exact) mass is 567 g/mol. The van der Waals surface area contributed by atoms with E-state index >= 15 is 0 Å². The quantitative estimate of drug-likeness (QED) is 0.152. The van der Waals surface area contributed by atoms with E-state index in [1.165, 1.54) is 21.7 Å². The number of aryl methyl sites for hydroxylation is 2. The Morgan fingerprint density at radius 3 is 2.42 bits per heavy atom. The molecule has 2 aromatic carbocycles. The van der Waals surface area contributed by atoms with Crippen molar-refractivity contribution < 1.29 is 17.9 Å². The van der Waals surface area contributed by atoms with Crippen LogP contribution in [0.3, 0.4) is 0 Å². The van der Waals surface area contributed by atoms with Crippen molar-refractivity contribution in [3.8, 4) is 0 Å². The van der Waals surface area contributed by atoms with E-state index < -0.39 is 10.0 Å². The molecule has 3 rings (SSSR count). The first-order valence-electron chi connectivity index (χ1n) is 12.1. The van der Waals surface area contributed by atoms with Crippen LogP contribution in [0.1, 0.15) is 52.7 Å². The van der Waals surface area contributed by atoms with Crippen molar-refractivity contribution in [1.29, 1.82) is 0 Å². The zero-order chi connectivity index (χ0) is 26.0. The maximum Gasteiger partial charge on any atom is 0.348 e. The molecular formula is C27H31Cl2NO4S2. The second-order valence-corrected chi connectivity index (χ2v) is 12.3. The minimum absolute atomic E-state index is 0.114. The van der Waals surface area contributed by atoms with E-state index in [9.17, 15) is 13.2 Å². The number of hydrogen-bond donors (Lipinski definition) is 0. The summed E-state index contributed by atoms with van der Waals surface area (Å²) < 4.78 is 33.7. The first kappa shape index (κ1) is 28.7. The molecule has 0 unspecified atom stereocenters. The fraction of sp³-hybridized carbons (Fsp3) is 0.370. The molecule has 0 aliphatic rings. The molecule has 0 aliphatic carbocycles. The van der Waals surface area contributed by atoms with Crippen LogP contribution in [0.2, 0.25) is 10.0 Å². The Balaban J connectivity index is 1.64. The summed E-state index contributed by atoms with van der Waals surface area (Å²) in [6.07, 6.45) is 4.45. The summed E-state index contributed by atoms with van der Waals surface area (Å²) in [6, 6.07) is 17.8. The van der Waals surface area contributed by atoms with Gasteiger partial charge < -0.3 is 4.74 Å². The molecule has 1 aromatic heterocycles. The molecule has 0 saturated carbocycles. The molecule has 0 saturated heterocycles. The number of ether oxygens (including phenoxy) is 1. The first-order valence-corrected chi connectivity index (χ1v) is 15.1. The van der Waals surface area contributed by atoms with E-state index in [-0.39, 0.29) is 15.9 Å². The second kappa shape index (κ2) is 14.1. The minimum atomic E-state index is -3.77. The van der Waals surface area contributed by atoms with Crippen LogP contribution in [-0.2, 0) is 27.6 Å². The minimum Gasteiger partial charge on any atom is -0.462 e. The van der Waals surface area contributed by atoms with Crippen molar-refractivity contribution in [1.82, 2.24) is 4.31 Å². The van der Waals surface area contributed by atoms with Gasteiger partial charge in [0, 0.05) is 23.0 Å². The fourth-order valence-electron chi connectivity index (χ4n) is 3.73. The van der Waals surface area contributed by atoms with Gasteiger partial charge in [0.15, 0.2) is 0 Å². The van der Waals surface area contributed by atoms with Crippen molar-refractivity contribution in [2.75, 3.05) is 19.7 Å². The molecule has 0 atom stereocenters. The van der Waals surface area contributed by atoms with Crippen LogP contribution < -0.4 is 0 Å². The van der Waals surface area contributed by atoms with Gasteiger partial charge in [0.2, 0.25) is 10.0 Å². The highest BCUT2D eigenvalue weighted by Gasteiger charge is 2.26. The van der Waals surface area contributed by atoms with Gasteiger partial charge in [-0.3, -0.25) is 0 Å². The number of carbonyl (C=O) groups excluding carboxylic acids is 1. The Hall–Kier alpha value is -1.90. The van der Waals surface area contributed by atoms with Crippen LogP contribution in [0.15, 0.2) is 65.6 Å². The van der Waals surface area contributed by atoms with E-state index in [1.807, 2.05) is 37.3 Å². The van der Waals surface area contributed by atoms with Gasteiger partial charge in [-0.05, 0) is 74.1 Å². The maximum atomic E-state index is 13.5. The van der Waals surface area contributed by atoms with Gasteiger partial charge in [0.25, 0.3) is 0 Å². The number of esters is 1. The number of sulfonamides is 1. The molecule has 0 aliphatic heterocycles. The van der Waals surface area contributed by atoms with Crippen LogP contribution in [0.4, 0.5) is 0 Å². The molecule has 0 amide bonds. The van der Waals surface area contributed by atoms with E-state index in [1.54, 1.807) is 24.3 Å². The Morgan fingerprint density at radius 2 is 1.69 bits per heavy atom. The zero-order valence-corrected chi connectivity index (χ0v) is 23.4. The molecule has 194 valence electrons. The Kier molecular flexibility index (Phi) is 11.3. The molecule has 0 fully saturated rings. The average molecular weight is 569 g/mol. The largest absolute Gasteiger partial charge is 0.462 e. The lowest BCUT2D eigenvalue weighted by Gasteiger charge is -2.23. The molecule has 0 radical (unpaired) electrons. The summed E-state index contributed by atoms with van der Waals surface area (Å²) in [7, 11) is -3.77. The van der Waals surface area contributed by atoms with Gasteiger partial charge in [-0.15, -0.1) is 11.3 Å². The summed E-state index contributed by atoms with van der Waals surface area (Å²) >= 11 is 13.7. The number of rotatable bonds is 14. The van der Waals surface area contributed by atoms with Gasteiger partial charge >= 0.3 is 5.97 Å². The van der Waals surface area contributed by atoms with Crippen LogP contribution in [0.25, 0.3) is 0 Å². The van der Waals surface area contributed by atoms with Gasteiger partial charge in [0.05, 0.1) is 11.6 Å². The number of thiophene rings is 1. The van der Waals surface area contributed by atoms with Crippen LogP contribution in [0, 0.1) is 0 Å².